The van der Waals surface area contributed by atoms with Gasteiger partial charge in [-0.2, -0.15) is 18.6 Å². The van der Waals surface area contributed by atoms with Crippen molar-refractivity contribution in [2.24, 2.45) is 5.73 Å². The van der Waals surface area contributed by atoms with Gasteiger partial charge in [0, 0.05) is 51.3 Å². The molecule has 16 nitrogen and oxygen atoms in total. The molecule has 2 aromatic heterocycles. The minimum atomic E-state index is -4.08. The van der Waals surface area contributed by atoms with Gasteiger partial charge in [0.15, 0.2) is 10.1 Å². The van der Waals surface area contributed by atoms with Crippen LogP contribution in [-0.2, 0) is 51.8 Å². The van der Waals surface area contributed by atoms with E-state index >= 15 is 0 Å². The number of nitrogens with two attached hydrogens (primary N) is 1. The zero-order chi connectivity index (χ0) is 62.3. The van der Waals surface area contributed by atoms with Crippen molar-refractivity contribution in [3.63, 3.8) is 0 Å². The summed E-state index contributed by atoms with van der Waals surface area (Å²) in [5, 5.41) is 17.3. The molecule has 12 rings (SSSR count). The van der Waals surface area contributed by atoms with E-state index in [1.165, 1.54) is 25.0 Å². The van der Waals surface area contributed by atoms with Crippen LogP contribution in [0.5, 0.6) is 11.5 Å². The molecule has 1 aliphatic heterocycles. The number of ether oxygens (including phenoxy) is 3. The number of aryl methyl sites for hydroxylation is 1. The molecular weight excluding hydrogens is 1220 g/mol. The number of likely N-dealkylation sites (N-methyl/N-ethyl adjacent to an activating group) is 1. The lowest BCUT2D eigenvalue weighted by Gasteiger charge is -2.09. The van der Waals surface area contributed by atoms with Crippen LogP contribution in [-0.4, -0.2) is 97.5 Å². The Morgan fingerprint density at radius 1 is 0.534 bits per heavy atom. The van der Waals surface area contributed by atoms with Crippen molar-refractivity contribution in [1.82, 2.24) is 24.9 Å². The van der Waals surface area contributed by atoms with Crippen LogP contribution in [0.4, 0.5) is 0 Å². The molecule has 0 amide bonds. The van der Waals surface area contributed by atoms with E-state index in [9.17, 15) is 25.3 Å². The third-order valence-electron chi connectivity index (χ3n) is 13.9. The maximum atomic E-state index is 14.2. The second-order valence-corrected chi connectivity index (χ2v) is 26.5. The second-order valence-electron chi connectivity index (χ2n) is 20.4. The number of fused-ring (bicyclic) bond motifs is 4. The highest BCUT2D eigenvalue weighted by Crippen LogP contribution is 2.36. The van der Waals surface area contributed by atoms with Crippen molar-refractivity contribution in [1.29, 1.82) is 0 Å². The third kappa shape index (κ3) is 15.9. The standard InChI is InChI=1S/C33H27ClN2O6S2.C28H26ClN3O3S.C4H8O.C2H7N/c1-23-12-15-28(16-13-23)44(39,40)42-19-18-41-27-14-17-31-30(21-27)33(35-36(31)22-24-6-4-9-26(34)20-24)43(37,38)32-11-5-8-25-7-2-3-10-29(25)32;1-2-30-15-16-35-23-13-14-26-25(18-23)28(31-32(26)19-20-7-5-10-22(29)17-20)36(33,34)27-12-6-9-21-8-3-4-11-24(21)27;1-2-4-5-3-1;1-2-3/h2-17,20-21H,18-19,22H2,1H3;3-14,17-18,30H,2,15-16,19H2,1H3;1-4H2;2-3H2,1H3. The lowest BCUT2D eigenvalue weighted by Crippen LogP contribution is -2.20. The summed E-state index contributed by atoms with van der Waals surface area (Å²) in [5.74, 6) is 0.933. The molecule has 0 bridgehead atoms. The van der Waals surface area contributed by atoms with Crippen LogP contribution in [0.2, 0.25) is 10.0 Å². The summed E-state index contributed by atoms with van der Waals surface area (Å²) in [4.78, 5) is 0.430. The van der Waals surface area contributed by atoms with E-state index in [2.05, 4.69) is 15.5 Å². The van der Waals surface area contributed by atoms with Gasteiger partial charge in [-0.05, 0) is 140 Å². The van der Waals surface area contributed by atoms with E-state index in [0.717, 1.165) is 53.8 Å². The predicted molar refractivity (Wildman–Crippen MR) is 348 cm³/mol. The fourth-order valence-electron chi connectivity index (χ4n) is 9.76. The molecule has 11 aromatic rings. The second kappa shape index (κ2) is 30.0. The van der Waals surface area contributed by atoms with Crippen LogP contribution in [0.3, 0.4) is 0 Å². The van der Waals surface area contributed by atoms with E-state index < -0.39 is 29.8 Å². The van der Waals surface area contributed by atoms with Crippen LogP contribution < -0.4 is 20.5 Å². The molecule has 21 heteroatoms. The Labute approximate surface area is 523 Å². The number of nitrogens with one attached hydrogen (secondary N) is 1. The molecule has 0 radical (unpaired) electrons. The van der Waals surface area contributed by atoms with Crippen LogP contribution in [0, 0.1) is 6.92 Å². The molecule has 0 unspecified atom stereocenters. The summed E-state index contributed by atoms with van der Waals surface area (Å²) in [6.07, 6.45) is 2.56. The minimum Gasteiger partial charge on any atom is -0.492 e. The van der Waals surface area contributed by atoms with Crippen molar-refractivity contribution in [3.05, 3.63) is 221 Å². The third-order valence-corrected chi connectivity index (χ3v) is 19.2. The van der Waals surface area contributed by atoms with Gasteiger partial charge in [-0.25, -0.2) is 16.8 Å². The topological polar surface area (TPSA) is 213 Å². The first-order valence-corrected chi connectivity index (χ1v) is 33.8. The molecule has 3 N–H and O–H groups in total. The Bertz CT molecular complexity index is 4520. The Morgan fingerprint density at radius 2 is 0.989 bits per heavy atom. The molecule has 0 saturated carbocycles. The van der Waals surface area contributed by atoms with Gasteiger partial charge >= 0.3 is 0 Å². The molecule has 3 heterocycles. The van der Waals surface area contributed by atoms with Crippen LogP contribution in [0.25, 0.3) is 43.4 Å². The Balaban J connectivity index is 0.000000189. The number of benzene rings is 9. The predicted octanol–water partition coefficient (Wildman–Crippen LogP) is 13.3. The number of halogens is 2. The van der Waals surface area contributed by atoms with E-state index in [-0.39, 0.29) is 44.5 Å². The number of hydrogen-bond donors (Lipinski definition) is 2. The van der Waals surface area contributed by atoms with E-state index in [0.29, 0.717) is 73.8 Å². The van der Waals surface area contributed by atoms with Gasteiger partial charge in [-0.1, -0.05) is 152 Å². The zero-order valence-corrected chi connectivity index (χ0v) is 52.9. The van der Waals surface area contributed by atoms with E-state index in [4.69, 9.17) is 47.3 Å². The lowest BCUT2D eigenvalue weighted by molar-refractivity contribution is 0.198. The lowest BCUT2D eigenvalue weighted by atomic mass is 10.1. The first kappa shape index (κ1) is 64.8. The minimum absolute atomic E-state index is 0.00742. The van der Waals surface area contributed by atoms with Crippen molar-refractivity contribution < 1.29 is 43.6 Å². The van der Waals surface area contributed by atoms with Crippen molar-refractivity contribution >= 4 is 96.3 Å². The highest BCUT2D eigenvalue weighted by atomic mass is 35.5. The fourth-order valence-corrected chi connectivity index (χ4v) is 14.3. The Kier molecular flexibility index (Phi) is 22.1. The molecule has 0 spiro atoms. The van der Waals surface area contributed by atoms with Gasteiger partial charge < -0.3 is 25.3 Å². The first-order chi connectivity index (χ1) is 42.5. The van der Waals surface area contributed by atoms with Crippen molar-refractivity contribution in [2.75, 3.05) is 52.7 Å². The molecular formula is C67H68Cl2N6O10S3. The fraction of sp³-hybridized carbons (Fsp3) is 0.224. The quantitative estimate of drug-likeness (QED) is 0.0569. The summed E-state index contributed by atoms with van der Waals surface area (Å²) in [6.45, 7) is 10.9. The molecule has 1 saturated heterocycles. The van der Waals surface area contributed by atoms with Gasteiger partial charge in [0.2, 0.25) is 19.7 Å². The monoisotopic (exact) mass is 1280 g/mol. The average Bonchev–Trinajstić information content (AvgIpc) is 1.82. The van der Waals surface area contributed by atoms with Gasteiger partial charge in [0.1, 0.15) is 31.3 Å². The largest absolute Gasteiger partial charge is 0.492 e. The molecule has 1 aliphatic rings. The number of hydrogen-bond acceptors (Lipinski definition) is 14. The van der Waals surface area contributed by atoms with Crippen LogP contribution >= 0.6 is 23.2 Å². The molecule has 458 valence electrons. The van der Waals surface area contributed by atoms with Gasteiger partial charge in [-0.15, -0.1) is 0 Å². The highest BCUT2D eigenvalue weighted by Gasteiger charge is 2.30. The van der Waals surface area contributed by atoms with Gasteiger partial charge in [0.25, 0.3) is 10.1 Å². The number of aromatic nitrogens is 4. The summed E-state index contributed by atoms with van der Waals surface area (Å²) in [6, 6.07) is 56.8. The summed E-state index contributed by atoms with van der Waals surface area (Å²) < 4.78 is 107. The number of sulfone groups is 2. The molecule has 88 heavy (non-hydrogen) atoms. The number of nitrogens with zero attached hydrogens (tertiary/aromatic N) is 4. The normalized spacial score (nSPS) is 12.5. The van der Waals surface area contributed by atoms with E-state index in [1.807, 2.05) is 112 Å². The number of rotatable bonds is 19. The van der Waals surface area contributed by atoms with Crippen molar-refractivity contribution in [3.8, 4) is 11.5 Å². The molecule has 9 aromatic carbocycles. The SMILES string of the molecule is C1CCOC1.CCN.CCNCCOc1ccc2c(c1)c(S(=O)(=O)c1cccc3ccccc13)nn2Cc1cccc(Cl)c1.Cc1ccc(S(=O)(=O)OCCOc2ccc3c(c2)c(S(=O)(=O)c2cccc4ccccc24)nn3Cc2cccc(Cl)c2)cc1. The molecule has 0 aliphatic carbocycles. The molecule has 0 atom stereocenters. The highest BCUT2D eigenvalue weighted by molar-refractivity contribution is 7.92. The van der Waals surface area contributed by atoms with E-state index in [1.54, 1.807) is 100 Å². The molecule has 1 fully saturated rings. The Hall–Kier alpha value is -7.69. The maximum absolute atomic E-state index is 14.2. The smallest absolute Gasteiger partial charge is 0.297 e. The maximum Gasteiger partial charge on any atom is 0.297 e. The summed E-state index contributed by atoms with van der Waals surface area (Å²) in [7, 11) is -12.0. The van der Waals surface area contributed by atoms with Crippen LogP contribution in [0.15, 0.2) is 219 Å². The Morgan fingerprint density at radius 3 is 1.44 bits per heavy atom. The first-order valence-electron chi connectivity index (χ1n) is 28.7. The van der Waals surface area contributed by atoms with Gasteiger partial charge in [-0.3, -0.25) is 13.5 Å². The van der Waals surface area contributed by atoms with Crippen molar-refractivity contribution in [2.45, 2.75) is 71.4 Å². The van der Waals surface area contributed by atoms with Crippen LogP contribution in [0.1, 0.15) is 43.4 Å². The van der Waals surface area contributed by atoms with Gasteiger partial charge in [0.05, 0.1) is 38.8 Å². The average molecular weight is 1280 g/mol. The zero-order valence-electron chi connectivity index (χ0n) is 48.9. The summed E-state index contributed by atoms with van der Waals surface area (Å²) in [5.41, 5.74) is 8.83. The summed E-state index contributed by atoms with van der Waals surface area (Å²) >= 11 is 12.4.